The Morgan fingerprint density at radius 1 is 1.40 bits per heavy atom. The van der Waals surface area contributed by atoms with Gasteiger partial charge in [-0.05, 0) is 31.7 Å². The smallest absolute Gasteiger partial charge is 0.306 e. The van der Waals surface area contributed by atoms with Gasteiger partial charge in [-0.25, -0.2) is 0 Å². The maximum atomic E-state index is 11.1. The topological polar surface area (TPSA) is 69.6 Å². The second-order valence-corrected chi connectivity index (χ2v) is 5.59. The number of aromatic hydroxyl groups is 1. The minimum absolute atomic E-state index is 0.0775. The second-order valence-electron chi connectivity index (χ2n) is 5.59. The Morgan fingerprint density at radius 2 is 2.15 bits per heavy atom. The Hall–Kier alpha value is -1.55. The molecule has 0 radical (unpaired) electrons. The van der Waals surface area contributed by atoms with Crippen LogP contribution in [0, 0.1) is 5.92 Å². The van der Waals surface area contributed by atoms with Crippen molar-refractivity contribution in [2.75, 3.05) is 0 Å². The van der Waals surface area contributed by atoms with E-state index in [2.05, 4.69) is 12.2 Å². The molecule has 4 heteroatoms. The van der Waals surface area contributed by atoms with Gasteiger partial charge in [0, 0.05) is 17.6 Å². The predicted molar refractivity (Wildman–Crippen MR) is 77.7 cm³/mol. The van der Waals surface area contributed by atoms with Crippen LogP contribution in [0.5, 0.6) is 5.75 Å². The van der Waals surface area contributed by atoms with Crippen LogP contribution in [-0.2, 0) is 4.79 Å². The van der Waals surface area contributed by atoms with E-state index in [1.165, 1.54) is 0 Å². The summed E-state index contributed by atoms with van der Waals surface area (Å²) in [5.41, 5.74) is 0.896. The Kier molecular flexibility index (Phi) is 5.01. The van der Waals surface area contributed by atoms with Gasteiger partial charge in [0.25, 0.3) is 0 Å². The van der Waals surface area contributed by atoms with Crippen LogP contribution in [0.1, 0.15) is 50.6 Å². The number of carboxylic acid groups (broad SMARTS) is 1. The Bertz CT molecular complexity index is 461. The van der Waals surface area contributed by atoms with Crippen LogP contribution in [0.25, 0.3) is 0 Å². The van der Waals surface area contributed by atoms with E-state index in [1.54, 1.807) is 6.07 Å². The number of phenolic OH excluding ortho intramolecular Hbond substituents is 1. The lowest BCUT2D eigenvalue weighted by Gasteiger charge is -2.31. The molecule has 110 valence electrons. The molecule has 1 aliphatic carbocycles. The molecule has 20 heavy (non-hydrogen) atoms. The average Bonchev–Trinajstić information content (AvgIpc) is 2.46. The third kappa shape index (κ3) is 3.51. The molecule has 1 saturated carbocycles. The fourth-order valence-corrected chi connectivity index (χ4v) is 3.06. The molecule has 1 aromatic carbocycles. The largest absolute Gasteiger partial charge is 0.508 e. The Labute approximate surface area is 119 Å². The summed E-state index contributed by atoms with van der Waals surface area (Å²) in [5.74, 6) is -0.618. The van der Waals surface area contributed by atoms with E-state index in [9.17, 15) is 9.90 Å². The first kappa shape index (κ1) is 14.9. The van der Waals surface area contributed by atoms with Crippen molar-refractivity contribution in [1.29, 1.82) is 0 Å². The number of hydrogen-bond acceptors (Lipinski definition) is 3. The molecule has 0 saturated heterocycles. The van der Waals surface area contributed by atoms with Crippen molar-refractivity contribution in [2.45, 2.75) is 51.1 Å². The van der Waals surface area contributed by atoms with Crippen molar-refractivity contribution in [3.8, 4) is 5.75 Å². The summed E-state index contributed by atoms with van der Waals surface area (Å²) < 4.78 is 0. The fraction of sp³-hybridized carbons (Fsp3) is 0.562. The third-order valence-corrected chi connectivity index (χ3v) is 4.18. The van der Waals surface area contributed by atoms with Crippen LogP contribution in [0.15, 0.2) is 24.3 Å². The van der Waals surface area contributed by atoms with E-state index in [0.717, 1.165) is 31.2 Å². The average molecular weight is 277 g/mol. The van der Waals surface area contributed by atoms with E-state index < -0.39 is 5.97 Å². The van der Waals surface area contributed by atoms with Crippen LogP contribution in [0.3, 0.4) is 0 Å². The van der Waals surface area contributed by atoms with Crippen LogP contribution < -0.4 is 5.32 Å². The zero-order valence-electron chi connectivity index (χ0n) is 11.9. The monoisotopic (exact) mass is 277 g/mol. The van der Waals surface area contributed by atoms with E-state index in [0.29, 0.717) is 12.2 Å². The molecular weight excluding hydrogens is 254 g/mol. The summed E-state index contributed by atoms with van der Waals surface area (Å²) in [5, 5.41) is 22.6. The van der Waals surface area contributed by atoms with Gasteiger partial charge in [-0.1, -0.05) is 31.5 Å². The van der Waals surface area contributed by atoms with Crippen molar-refractivity contribution in [3.63, 3.8) is 0 Å². The zero-order chi connectivity index (χ0) is 14.5. The highest BCUT2D eigenvalue weighted by atomic mass is 16.4. The summed E-state index contributed by atoms with van der Waals surface area (Å²) in [7, 11) is 0. The lowest BCUT2D eigenvalue weighted by molar-refractivity contribution is -0.143. The molecule has 0 aromatic heterocycles. The number of phenols is 1. The van der Waals surface area contributed by atoms with E-state index >= 15 is 0 Å². The molecule has 2 rings (SSSR count). The number of carboxylic acids is 1. The summed E-state index contributed by atoms with van der Waals surface area (Å²) in [6.07, 6.45) is 4.28. The molecule has 3 unspecified atom stereocenters. The summed E-state index contributed by atoms with van der Waals surface area (Å²) >= 11 is 0. The standard InChI is InChI=1S/C16H23NO3/c1-2-14(13-8-3-4-9-15(13)18)17-12-7-5-6-11(10-12)16(19)20/h3-4,8-9,11-12,14,17-18H,2,5-7,10H2,1H3,(H,19,20). The van der Waals surface area contributed by atoms with Gasteiger partial charge in [-0.15, -0.1) is 0 Å². The van der Waals surface area contributed by atoms with Crippen LogP contribution in [0.4, 0.5) is 0 Å². The minimum atomic E-state index is -0.688. The molecule has 3 N–H and O–H groups in total. The highest BCUT2D eigenvalue weighted by Gasteiger charge is 2.28. The number of benzene rings is 1. The van der Waals surface area contributed by atoms with Crippen molar-refractivity contribution >= 4 is 5.97 Å². The molecule has 1 aliphatic rings. The van der Waals surface area contributed by atoms with Gasteiger partial charge >= 0.3 is 5.97 Å². The Balaban J connectivity index is 2.03. The minimum Gasteiger partial charge on any atom is -0.508 e. The molecule has 3 atom stereocenters. The number of nitrogens with one attached hydrogen (secondary N) is 1. The first-order valence-corrected chi connectivity index (χ1v) is 7.38. The molecule has 0 bridgehead atoms. The quantitative estimate of drug-likeness (QED) is 0.773. The van der Waals surface area contributed by atoms with Crippen molar-refractivity contribution < 1.29 is 15.0 Å². The lowest BCUT2D eigenvalue weighted by Crippen LogP contribution is -2.38. The van der Waals surface area contributed by atoms with Crippen molar-refractivity contribution in [2.24, 2.45) is 5.92 Å². The predicted octanol–water partition coefficient (Wildman–Crippen LogP) is 3.08. The van der Waals surface area contributed by atoms with Gasteiger partial charge in [0.05, 0.1) is 5.92 Å². The number of carbonyl (C=O) groups is 1. The van der Waals surface area contributed by atoms with Crippen LogP contribution in [0.2, 0.25) is 0 Å². The lowest BCUT2D eigenvalue weighted by atomic mass is 9.85. The third-order valence-electron chi connectivity index (χ3n) is 4.18. The van der Waals surface area contributed by atoms with Gasteiger partial charge < -0.3 is 15.5 Å². The van der Waals surface area contributed by atoms with Gasteiger partial charge in [0.1, 0.15) is 5.75 Å². The van der Waals surface area contributed by atoms with Gasteiger partial charge in [-0.2, -0.15) is 0 Å². The first-order chi connectivity index (χ1) is 9.61. The van der Waals surface area contributed by atoms with Crippen molar-refractivity contribution in [3.05, 3.63) is 29.8 Å². The highest BCUT2D eigenvalue weighted by Crippen LogP contribution is 2.30. The van der Waals surface area contributed by atoms with Crippen LogP contribution in [-0.4, -0.2) is 22.2 Å². The molecule has 0 heterocycles. The molecule has 1 fully saturated rings. The molecule has 0 spiro atoms. The SMILES string of the molecule is CCC(NC1CCCC(C(=O)O)C1)c1ccccc1O. The summed E-state index contributed by atoms with van der Waals surface area (Å²) in [4.78, 5) is 11.1. The van der Waals surface area contributed by atoms with Gasteiger partial charge in [-0.3, -0.25) is 4.79 Å². The maximum Gasteiger partial charge on any atom is 0.306 e. The number of rotatable bonds is 5. The molecule has 0 amide bonds. The highest BCUT2D eigenvalue weighted by molar-refractivity contribution is 5.70. The van der Waals surface area contributed by atoms with E-state index in [4.69, 9.17) is 5.11 Å². The van der Waals surface area contributed by atoms with E-state index in [1.807, 2.05) is 18.2 Å². The van der Waals surface area contributed by atoms with Gasteiger partial charge in [0.15, 0.2) is 0 Å². The molecule has 4 nitrogen and oxygen atoms in total. The summed E-state index contributed by atoms with van der Waals surface area (Å²) in [6.45, 7) is 2.07. The molecular formula is C16H23NO3. The number of hydrogen-bond donors (Lipinski definition) is 3. The van der Waals surface area contributed by atoms with Crippen molar-refractivity contribution in [1.82, 2.24) is 5.32 Å². The zero-order valence-corrected chi connectivity index (χ0v) is 11.9. The maximum absolute atomic E-state index is 11.1. The number of para-hydroxylation sites is 1. The Morgan fingerprint density at radius 3 is 2.80 bits per heavy atom. The molecule has 0 aliphatic heterocycles. The normalized spacial score (nSPS) is 24.2. The summed E-state index contributed by atoms with van der Waals surface area (Å²) in [6, 6.07) is 7.64. The second kappa shape index (κ2) is 6.75. The fourth-order valence-electron chi connectivity index (χ4n) is 3.06. The first-order valence-electron chi connectivity index (χ1n) is 7.38. The van der Waals surface area contributed by atoms with Crippen LogP contribution >= 0.6 is 0 Å². The molecule has 1 aromatic rings. The van der Waals surface area contributed by atoms with E-state index in [-0.39, 0.29) is 18.0 Å². The number of aliphatic carboxylic acids is 1. The van der Waals surface area contributed by atoms with Gasteiger partial charge in [0.2, 0.25) is 0 Å².